The molecule has 5 heteroatoms. The van der Waals surface area contributed by atoms with E-state index in [1.165, 1.54) is 12.7 Å². The molecule has 1 aromatic heterocycles. The van der Waals surface area contributed by atoms with Crippen molar-refractivity contribution in [3.8, 4) is 0 Å². The van der Waals surface area contributed by atoms with Gasteiger partial charge in [0.05, 0.1) is 12.3 Å². The van der Waals surface area contributed by atoms with Crippen molar-refractivity contribution in [1.29, 1.82) is 0 Å². The van der Waals surface area contributed by atoms with E-state index in [0.29, 0.717) is 30.5 Å². The zero-order chi connectivity index (χ0) is 12.3. The van der Waals surface area contributed by atoms with Gasteiger partial charge in [0.25, 0.3) is 0 Å². The van der Waals surface area contributed by atoms with Gasteiger partial charge < -0.3 is 10.0 Å². The SMILES string of the molecule is CCc1ncnc(N(CCO)C2CCC2)c1F. The average molecular weight is 239 g/mol. The van der Waals surface area contributed by atoms with E-state index in [1.54, 1.807) is 0 Å². The highest BCUT2D eigenvalue weighted by Crippen LogP contribution is 2.30. The highest BCUT2D eigenvalue weighted by Gasteiger charge is 2.28. The lowest BCUT2D eigenvalue weighted by atomic mass is 9.91. The Hall–Kier alpha value is -1.23. The molecule has 0 bridgehead atoms. The van der Waals surface area contributed by atoms with Gasteiger partial charge in [-0.25, -0.2) is 14.4 Å². The summed E-state index contributed by atoms with van der Waals surface area (Å²) in [7, 11) is 0. The second kappa shape index (κ2) is 5.40. The van der Waals surface area contributed by atoms with Crippen molar-refractivity contribution in [3.63, 3.8) is 0 Å². The van der Waals surface area contributed by atoms with Crippen LogP contribution in [0.25, 0.3) is 0 Å². The average Bonchev–Trinajstić information content (AvgIpc) is 2.26. The van der Waals surface area contributed by atoms with E-state index >= 15 is 0 Å². The molecular formula is C12H18FN3O. The third kappa shape index (κ3) is 2.39. The monoisotopic (exact) mass is 239 g/mol. The number of rotatable bonds is 5. The molecule has 0 unspecified atom stereocenters. The molecule has 94 valence electrons. The molecule has 1 N–H and O–H groups in total. The van der Waals surface area contributed by atoms with Crippen molar-refractivity contribution in [2.75, 3.05) is 18.1 Å². The van der Waals surface area contributed by atoms with E-state index in [4.69, 9.17) is 5.11 Å². The normalized spacial score (nSPS) is 15.7. The molecule has 17 heavy (non-hydrogen) atoms. The number of aryl methyl sites for hydroxylation is 1. The minimum atomic E-state index is -0.338. The molecule has 0 aromatic carbocycles. The fourth-order valence-electron chi connectivity index (χ4n) is 2.11. The van der Waals surface area contributed by atoms with Gasteiger partial charge in [-0.15, -0.1) is 0 Å². The number of aliphatic hydroxyl groups is 1. The van der Waals surface area contributed by atoms with Crippen LogP contribution in [0.1, 0.15) is 31.9 Å². The summed E-state index contributed by atoms with van der Waals surface area (Å²) in [5, 5.41) is 9.08. The van der Waals surface area contributed by atoms with Gasteiger partial charge in [-0.3, -0.25) is 0 Å². The van der Waals surface area contributed by atoms with Gasteiger partial charge in [-0.2, -0.15) is 0 Å². The molecule has 1 heterocycles. The standard InChI is InChI=1S/C12H18FN3O/c1-2-10-11(13)12(15-8-14-10)16(6-7-17)9-4-3-5-9/h8-9,17H,2-7H2,1H3. The van der Waals surface area contributed by atoms with Crippen molar-refractivity contribution in [2.24, 2.45) is 0 Å². The number of aromatic nitrogens is 2. The Labute approximate surface area is 101 Å². The van der Waals surface area contributed by atoms with Crippen LogP contribution in [0.5, 0.6) is 0 Å². The Balaban J connectivity index is 2.28. The quantitative estimate of drug-likeness (QED) is 0.846. The van der Waals surface area contributed by atoms with Crippen molar-refractivity contribution in [1.82, 2.24) is 9.97 Å². The predicted octanol–water partition coefficient (Wildman–Crippen LogP) is 1.53. The largest absolute Gasteiger partial charge is 0.395 e. The molecule has 4 nitrogen and oxygen atoms in total. The highest BCUT2D eigenvalue weighted by molar-refractivity contribution is 5.42. The van der Waals surface area contributed by atoms with E-state index in [9.17, 15) is 4.39 Å². The second-order valence-corrected chi connectivity index (χ2v) is 4.31. The Bertz CT molecular complexity index is 382. The second-order valence-electron chi connectivity index (χ2n) is 4.31. The van der Waals surface area contributed by atoms with E-state index in [-0.39, 0.29) is 12.4 Å². The van der Waals surface area contributed by atoms with Crippen LogP contribution in [-0.4, -0.2) is 34.3 Å². The topological polar surface area (TPSA) is 49.2 Å². The van der Waals surface area contributed by atoms with Crippen LogP contribution in [0.2, 0.25) is 0 Å². The Kier molecular flexibility index (Phi) is 3.89. The first-order chi connectivity index (χ1) is 8.27. The van der Waals surface area contributed by atoms with Crippen molar-refractivity contribution in [2.45, 2.75) is 38.6 Å². The van der Waals surface area contributed by atoms with Crippen LogP contribution >= 0.6 is 0 Å². The third-order valence-corrected chi connectivity index (χ3v) is 3.31. The van der Waals surface area contributed by atoms with Gasteiger partial charge in [0.2, 0.25) is 0 Å². The molecule has 1 aliphatic carbocycles. The smallest absolute Gasteiger partial charge is 0.187 e. The maximum atomic E-state index is 14.1. The van der Waals surface area contributed by atoms with Crippen LogP contribution in [0, 0.1) is 5.82 Å². The number of halogens is 1. The molecule has 0 spiro atoms. The molecule has 1 aromatic rings. The Morgan fingerprint density at radius 2 is 2.24 bits per heavy atom. The lowest BCUT2D eigenvalue weighted by Gasteiger charge is -2.38. The van der Waals surface area contributed by atoms with E-state index in [2.05, 4.69) is 9.97 Å². The Morgan fingerprint density at radius 1 is 1.47 bits per heavy atom. The molecule has 0 aliphatic heterocycles. The van der Waals surface area contributed by atoms with Crippen LogP contribution in [-0.2, 0) is 6.42 Å². The summed E-state index contributed by atoms with van der Waals surface area (Å²) < 4.78 is 14.1. The third-order valence-electron chi connectivity index (χ3n) is 3.31. The van der Waals surface area contributed by atoms with Gasteiger partial charge >= 0.3 is 0 Å². The summed E-state index contributed by atoms with van der Waals surface area (Å²) in [6.45, 7) is 2.32. The summed E-state index contributed by atoms with van der Waals surface area (Å²) >= 11 is 0. The van der Waals surface area contributed by atoms with Crippen molar-refractivity contribution >= 4 is 5.82 Å². The minimum absolute atomic E-state index is 0.0153. The minimum Gasteiger partial charge on any atom is -0.395 e. The number of hydrogen-bond donors (Lipinski definition) is 1. The van der Waals surface area contributed by atoms with Crippen molar-refractivity contribution < 1.29 is 9.50 Å². The lowest BCUT2D eigenvalue weighted by Crippen LogP contribution is -2.43. The molecule has 1 fully saturated rings. The Morgan fingerprint density at radius 3 is 2.76 bits per heavy atom. The van der Waals surface area contributed by atoms with Gasteiger partial charge in [0, 0.05) is 12.6 Å². The fourth-order valence-corrected chi connectivity index (χ4v) is 2.11. The molecule has 0 amide bonds. The van der Waals surface area contributed by atoms with Gasteiger partial charge in [0.1, 0.15) is 6.33 Å². The first kappa shape index (κ1) is 12.2. The van der Waals surface area contributed by atoms with E-state index in [1.807, 2.05) is 11.8 Å². The van der Waals surface area contributed by atoms with E-state index < -0.39 is 0 Å². The predicted molar refractivity (Wildman–Crippen MR) is 63.4 cm³/mol. The summed E-state index contributed by atoms with van der Waals surface area (Å²) in [5.41, 5.74) is 0.442. The van der Waals surface area contributed by atoms with Crippen LogP contribution in [0.4, 0.5) is 10.2 Å². The summed E-state index contributed by atoms with van der Waals surface area (Å²) in [6.07, 6.45) is 5.22. The van der Waals surface area contributed by atoms with Crippen molar-refractivity contribution in [3.05, 3.63) is 17.8 Å². The zero-order valence-corrected chi connectivity index (χ0v) is 10.1. The van der Waals surface area contributed by atoms with Crippen LogP contribution < -0.4 is 4.90 Å². The lowest BCUT2D eigenvalue weighted by molar-refractivity contribution is 0.281. The van der Waals surface area contributed by atoms with Crippen LogP contribution in [0.3, 0.4) is 0 Å². The van der Waals surface area contributed by atoms with Gasteiger partial charge in [0.15, 0.2) is 11.6 Å². The number of aliphatic hydroxyl groups excluding tert-OH is 1. The first-order valence-corrected chi connectivity index (χ1v) is 6.14. The maximum absolute atomic E-state index is 14.1. The molecule has 1 aliphatic rings. The summed E-state index contributed by atoms with van der Waals surface area (Å²) in [6, 6.07) is 0.316. The molecule has 0 radical (unpaired) electrons. The highest BCUT2D eigenvalue weighted by atomic mass is 19.1. The molecule has 2 rings (SSSR count). The molecular weight excluding hydrogens is 221 g/mol. The van der Waals surface area contributed by atoms with E-state index in [0.717, 1.165) is 12.8 Å². The van der Waals surface area contributed by atoms with Gasteiger partial charge in [-0.1, -0.05) is 6.92 Å². The summed E-state index contributed by atoms with van der Waals surface area (Å²) in [4.78, 5) is 9.84. The fraction of sp³-hybridized carbons (Fsp3) is 0.667. The molecule has 1 saturated carbocycles. The first-order valence-electron chi connectivity index (χ1n) is 6.14. The number of nitrogens with zero attached hydrogens (tertiary/aromatic N) is 3. The number of hydrogen-bond acceptors (Lipinski definition) is 4. The zero-order valence-electron chi connectivity index (χ0n) is 10.1. The number of anilines is 1. The summed E-state index contributed by atoms with van der Waals surface area (Å²) in [5.74, 6) is 0.00551. The molecule has 0 atom stereocenters. The van der Waals surface area contributed by atoms with Gasteiger partial charge in [-0.05, 0) is 25.7 Å². The molecule has 0 saturated heterocycles. The van der Waals surface area contributed by atoms with Crippen LogP contribution in [0.15, 0.2) is 6.33 Å². The maximum Gasteiger partial charge on any atom is 0.187 e.